The number of carboxylic acid groups (broad SMARTS) is 1. The molecule has 1 atom stereocenters. The minimum atomic E-state index is -4.94. The van der Waals surface area contributed by atoms with Gasteiger partial charge in [-0.1, -0.05) is 48.0 Å². The summed E-state index contributed by atoms with van der Waals surface area (Å²) in [5, 5.41) is 24.0. The fourth-order valence-corrected chi connectivity index (χ4v) is 3.38. The molecular formula is C24H22F3N3O6. The van der Waals surface area contributed by atoms with E-state index in [-0.39, 0.29) is 12.1 Å². The molecule has 12 heteroatoms. The van der Waals surface area contributed by atoms with Crippen LogP contribution in [-0.2, 0) is 11.3 Å². The van der Waals surface area contributed by atoms with Gasteiger partial charge in [-0.05, 0) is 24.6 Å². The Morgan fingerprint density at radius 2 is 1.75 bits per heavy atom. The minimum absolute atomic E-state index is 0.0268. The lowest BCUT2D eigenvalue weighted by molar-refractivity contribution is -0.274. The van der Waals surface area contributed by atoms with E-state index < -0.39 is 53.6 Å². The number of alkyl halides is 3. The first-order chi connectivity index (χ1) is 16.9. The molecule has 4 N–H and O–H groups in total. The molecule has 2 amide bonds. The normalized spacial score (nSPS) is 12.0. The molecule has 0 bridgehead atoms. The van der Waals surface area contributed by atoms with Gasteiger partial charge in [-0.15, -0.1) is 13.2 Å². The van der Waals surface area contributed by atoms with E-state index >= 15 is 0 Å². The summed E-state index contributed by atoms with van der Waals surface area (Å²) in [4.78, 5) is 36.8. The van der Waals surface area contributed by atoms with Gasteiger partial charge in [-0.2, -0.15) is 0 Å². The van der Waals surface area contributed by atoms with E-state index in [0.717, 1.165) is 28.5 Å². The Morgan fingerprint density at radius 3 is 2.39 bits per heavy atom. The van der Waals surface area contributed by atoms with E-state index in [2.05, 4.69) is 15.4 Å². The minimum Gasteiger partial charge on any atom is -0.505 e. The van der Waals surface area contributed by atoms with Gasteiger partial charge in [0.15, 0.2) is 5.69 Å². The number of aromatic nitrogens is 1. The number of carboxylic acids is 1. The van der Waals surface area contributed by atoms with Crippen LogP contribution >= 0.6 is 0 Å². The lowest BCUT2D eigenvalue weighted by Gasteiger charge is -2.19. The summed E-state index contributed by atoms with van der Waals surface area (Å²) < 4.78 is 43.1. The van der Waals surface area contributed by atoms with Crippen LogP contribution in [0, 0.1) is 6.92 Å². The molecule has 0 radical (unpaired) electrons. The Hall–Kier alpha value is -4.48. The molecule has 3 rings (SSSR count). The smallest absolute Gasteiger partial charge is 0.505 e. The fraction of sp³-hybridized carbons (Fsp3) is 0.208. The molecule has 190 valence electrons. The molecule has 0 unspecified atom stereocenters. The largest absolute Gasteiger partial charge is 0.573 e. The van der Waals surface area contributed by atoms with Gasteiger partial charge in [-0.25, -0.2) is 4.79 Å². The maximum Gasteiger partial charge on any atom is 0.573 e. The SMILES string of the molecule is Cc1ccc([C@H](CC(=O)O)NC(=O)Nc2c(O)ccn(Cc3ccccc3OC(F)(F)F)c2=O)cc1. The number of hydrogen-bond acceptors (Lipinski definition) is 5. The highest BCUT2D eigenvalue weighted by Gasteiger charge is 2.32. The number of amides is 2. The van der Waals surface area contributed by atoms with Gasteiger partial charge in [0.25, 0.3) is 5.56 Å². The first-order valence-corrected chi connectivity index (χ1v) is 10.5. The Morgan fingerprint density at radius 1 is 1.08 bits per heavy atom. The standard InChI is InChI=1S/C24H22F3N3O6/c1-14-6-8-15(9-7-14)17(12-20(32)33)28-23(35)29-21-18(31)10-11-30(22(21)34)13-16-4-2-3-5-19(16)36-24(25,26)27/h2-11,17,31H,12-13H2,1H3,(H,32,33)(H2,28,29,35)/t17-/m0/s1. The van der Waals surface area contributed by atoms with Crippen molar-refractivity contribution >= 4 is 17.7 Å². The molecule has 36 heavy (non-hydrogen) atoms. The van der Waals surface area contributed by atoms with Crippen LogP contribution < -0.4 is 20.9 Å². The van der Waals surface area contributed by atoms with Gasteiger partial charge in [0.2, 0.25) is 0 Å². The summed E-state index contributed by atoms with van der Waals surface area (Å²) >= 11 is 0. The highest BCUT2D eigenvalue weighted by Crippen LogP contribution is 2.27. The number of carbonyl (C=O) groups excluding carboxylic acids is 1. The predicted octanol–water partition coefficient (Wildman–Crippen LogP) is 4.15. The Bertz CT molecular complexity index is 1310. The molecule has 1 aromatic heterocycles. The average Bonchev–Trinajstić information content (AvgIpc) is 2.78. The molecule has 0 saturated heterocycles. The van der Waals surface area contributed by atoms with E-state index in [9.17, 15) is 37.8 Å². The number of aryl methyl sites for hydroxylation is 1. The molecule has 1 heterocycles. The van der Waals surface area contributed by atoms with Crippen LogP contribution in [-0.4, -0.2) is 33.1 Å². The molecule has 0 aliphatic carbocycles. The number of hydrogen-bond donors (Lipinski definition) is 4. The van der Waals surface area contributed by atoms with Crippen LogP contribution in [0.2, 0.25) is 0 Å². The number of rotatable bonds is 8. The lowest BCUT2D eigenvalue weighted by Crippen LogP contribution is -2.36. The maximum atomic E-state index is 12.9. The van der Waals surface area contributed by atoms with Gasteiger partial charge >= 0.3 is 18.4 Å². The van der Waals surface area contributed by atoms with E-state index in [1.54, 1.807) is 24.3 Å². The highest BCUT2D eigenvalue weighted by atomic mass is 19.4. The van der Waals surface area contributed by atoms with E-state index in [0.29, 0.717) is 5.56 Å². The molecular weight excluding hydrogens is 483 g/mol. The van der Waals surface area contributed by atoms with Crippen LogP contribution in [0.3, 0.4) is 0 Å². The number of aliphatic carboxylic acids is 1. The van der Waals surface area contributed by atoms with Crippen molar-refractivity contribution < 1.29 is 37.7 Å². The van der Waals surface area contributed by atoms with Crippen LogP contribution in [0.25, 0.3) is 0 Å². The number of nitrogens with zero attached hydrogens (tertiary/aromatic N) is 1. The molecule has 0 aliphatic rings. The van der Waals surface area contributed by atoms with E-state index in [4.69, 9.17) is 0 Å². The van der Waals surface area contributed by atoms with Crippen molar-refractivity contribution in [3.05, 3.63) is 87.8 Å². The third-order valence-electron chi connectivity index (χ3n) is 5.08. The van der Waals surface area contributed by atoms with E-state index in [1.165, 1.54) is 18.2 Å². The van der Waals surface area contributed by atoms with Crippen molar-refractivity contribution in [1.82, 2.24) is 9.88 Å². The van der Waals surface area contributed by atoms with Gasteiger partial charge in [0, 0.05) is 11.8 Å². The van der Waals surface area contributed by atoms with Crippen LogP contribution in [0.5, 0.6) is 11.5 Å². The molecule has 0 saturated carbocycles. The summed E-state index contributed by atoms with van der Waals surface area (Å²) in [6.45, 7) is 1.49. The van der Waals surface area contributed by atoms with Crippen LogP contribution in [0.4, 0.5) is 23.7 Å². The lowest BCUT2D eigenvalue weighted by atomic mass is 10.0. The summed E-state index contributed by atoms with van der Waals surface area (Å²) in [6, 6.07) is 11.2. The Kier molecular flexibility index (Phi) is 7.87. The Labute approximate surface area is 202 Å². The van der Waals surface area contributed by atoms with Gasteiger partial charge < -0.3 is 30.2 Å². The zero-order valence-corrected chi connectivity index (χ0v) is 18.9. The summed E-state index contributed by atoms with van der Waals surface area (Å²) in [5.74, 6) is -2.27. The zero-order chi connectivity index (χ0) is 26.5. The first-order valence-electron chi connectivity index (χ1n) is 10.5. The zero-order valence-electron chi connectivity index (χ0n) is 18.9. The number of aromatic hydroxyl groups is 1. The number of benzene rings is 2. The monoisotopic (exact) mass is 505 g/mol. The molecule has 0 aliphatic heterocycles. The second kappa shape index (κ2) is 10.8. The fourth-order valence-electron chi connectivity index (χ4n) is 3.38. The quantitative estimate of drug-likeness (QED) is 0.364. The maximum absolute atomic E-state index is 12.9. The molecule has 3 aromatic rings. The van der Waals surface area contributed by atoms with E-state index in [1.807, 2.05) is 6.92 Å². The number of halogens is 3. The van der Waals surface area contributed by atoms with Crippen molar-refractivity contribution in [1.29, 1.82) is 0 Å². The number of nitrogens with one attached hydrogen (secondary N) is 2. The Balaban J connectivity index is 1.83. The number of urea groups is 1. The second-order valence-electron chi connectivity index (χ2n) is 7.82. The number of ether oxygens (including phenoxy) is 1. The number of para-hydroxylation sites is 1. The second-order valence-corrected chi connectivity index (χ2v) is 7.82. The number of pyridine rings is 1. The number of anilines is 1. The van der Waals surface area contributed by atoms with Crippen molar-refractivity contribution in [3.8, 4) is 11.5 Å². The first kappa shape index (κ1) is 26.1. The molecule has 0 fully saturated rings. The molecule has 2 aromatic carbocycles. The summed E-state index contributed by atoms with van der Waals surface area (Å²) in [7, 11) is 0. The van der Waals surface area contributed by atoms with Crippen molar-refractivity contribution in [2.24, 2.45) is 0 Å². The van der Waals surface area contributed by atoms with Crippen LogP contribution in [0.1, 0.15) is 29.2 Å². The number of carbonyl (C=O) groups is 2. The summed E-state index contributed by atoms with van der Waals surface area (Å²) in [6.07, 6.45) is -4.24. The molecule has 9 nitrogen and oxygen atoms in total. The van der Waals surface area contributed by atoms with Gasteiger partial charge in [0.05, 0.1) is 19.0 Å². The highest BCUT2D eigenvalue weighted by molar-refractivity contribution is 5.91. The average molecular weight is 505 g/mol. The predicted molar refractivity (Wildman–Crippen MR) is 123 cm³/mol. The summed E-state index contributed by atoms with van der Waals surface area (Å²) in [5.41, 5.74) is 0.0153. The van der Waals surface area contributed by atoms with Gasteiger partial charge in [-0.3, -0.25) is 9.59 Å². The van der Waals surface area contributed by atoms with Crippen molar-refractivity contribution in [3.63, 3.8) is 0 Å². The van der Waals surface area contributed by atoms with Crippen molar-refractivity contribution in [2.45, 2.75) is 32.3 Å². The third kappa shape index (κ3) is 7.01. The third-order valence-corrected chi connectivity index (χ3v) is 5.08. The van der Waals surface area contributed by atoms with Gasteiger partial charge in [0.1, 0.15) is 11.5 Å². The molecule has 0 spiro atoms. The topological polar surface area (TPSA) is 130 Å². The van der Waals surface area contributed by atoms with Crippen molar-refractivity contribution in [2.75, 3.05) is 5.32 Å². The van der Waals surface area contributed by atoms with Crippen LogP contribution in [0.15, 0.2) is 65.6 Å².